The van der Waals surface area contributed by atoms with Crippen molar-refractivity contribution in [3.05, 3.63) is 47.8 Å². The zero-order chi connectivity index (χ0) is 20.0. The summed E-state index contributed by atoms with van der Waals surface area (Å²) in [4.78, 5) is 35.3. The number of hydrogen-bond donors (Lipinski definition) is 3. The molecule has 1 aromatic carbocycles. The molecule has 0 aliphatic rings. The summed E-state index contributed by atoms with van der Waals surface area (Å²) >= 11 is 0. The maximum absolute atomic E-state index is 12.2. The lowest BCUT2D eigenvalue weighted by Crippen LogP contribution is -2.46. The minimum Gasteiger partial charge on any atom is -0.480 e. The first-order valence-electron chi connectivity index (χ1n) is 8.68. The third-order valence-corrected chi connectivity index (χ3v) is 3.86. The smallest absolute Gasteiger partial charge is 0.326 e. The Morgan fingerprint density at radius 1 is 1.19 bits per heavy atom. The highest BCUT2D eigenvalue weighted by Crippen LogP contribution is 2.10. The lowest BCUT2D eigenvalue weighted by atomic mass is 10.0. The molecule has 0 fully saturated rings. The summed E-state index contributed by atoms with van der Waals surface area (Å²) in [6, 6.07) is 5.82. The van der Waals surface area contributed by atoms with E-state index in [1.807, 2.05) is 27.0 Å². The summed E-state index contributed by atoms with van der Waals surface area (Å²) in [7, 11) is 0. The molecule has 2 amide bonds. The standard InChI is InChI=1S/C19H24N4O4/c1-12(2)8-16(19(26)27)22-17(24)10-20-18(25)14-4-6-15(7-5-14)23-11-13(3)9-21-23/h4-7,9,11-12,16H,8,10H2,1-3H3,(H,20,25)(H,22,24)(H,26,27)/t16-/m0/s1. The van der Waals surface area contributed by atoms with Gasteiger partial charge in [0.05, 0.1) is 18.4 Å². The average Bonchev–Trinajstić information content (AvgIpc) is 3.05. The molecule has 8 nitrogen and oxygen atoms in total. The van der Waals surface area contributed by atoms with E-state index < -0.39 is 23.8 Å². The first-order chi connectivity index (χ1) is 12.8. The fraction of sp³-hybridized carbons (Fsp3) is 0.368. The molecule has 8 heteroatoms. The van der Waals surface area contributed by atoms with E-state index in [9.17, 15) is 14.4 Å². The topological polar surface area (TPSA) is 113 Å². The minimum atomic E-state index is -1.09. The number of carbonyl (C=O) groups excluding carboxylic acids is 2. The molecule has 0 radical (unpaired) electrons. The largest absolute Gasteiger partial charge is 0.480 e. The lowest BCUT2D eigenvalue weighted by molar-refractivity contribution is -0.142. The molecule has 0 saturated heterocycles. The van der Waals surface area contributed by atoms with Gasteiger partial charge in [-0.15, -0.1) is 0 Å². The summed E-state index contributed by atoms with van der Waals surface area (Å²) in [5, 5.41) is 18.3. The summed E-state index contributed by atoms with van der Waals surface area (Å²) in [6.45, 7) is 5.39. The molecule has 0 aliphatic carbocycles. The van der Waals surface area contributed by atoms with Gasteiger partial charge in [-0.3, -0.25) is 9.59 Å². The molecule has 144 valence electrons. The third kappa shape index (κ3) is 5.95. The Labute approximate surface area is 157 Å². The number of hydrogen-bond acceptors (Lipinski definition) is 4. The average molecular weight is 372 g/mol. The SMILES string of the molecule is Cc1cnn(-c2ccc(C(=O)NCC(=O)N[C@@H](CC(C)C)C(=O)O)cc2)c1. The summed E-state index contributed by atoms with van der Waals surface area (Å²) in [5.41, 5.74) is 2.24. The fourth-order valence-corrected chi connectivity index (χ4v) is 2.52. The maximum atomic E-state index is 12.2. The second-order valence-electron chi connectivity index (χ2n) is 6.78. The molecule has 1 aromatic heterocycles. The van der Waals surface area contributed by atoms with Crippen molar-refractivity contribution in [1.82, 2.24) is 20.4 Å². The molecule has 0 saturated carbocycles. The molecular weight excluding hydrogens is 348 g/mol. The molecule has 1 atom stereocenters. The molecule has 2 aromatic rings. The van der Waals surface area contributed by atoms with Gasteiger partial charge in [0, 0.05) is 11.8 Å². The number of rotatable bonds is 8. The van der Waals surface area contributed by atoms with E-state index in [2.05, 4.69) is 15.7 Å². The van der Waals surface area contributed by atoms with Gasteiger partial charge in [-0.05, 0) is 49.1 Å². The Balaban J connectivity index is 1.89. The number of carboxylic acid groups (broad SMARTS) is 1. The monoisotopic (exact) mass is 372 g/mol. The van der Waals surface area contributed by atoms with Crippen LogP contribution in [0.4, 0.5) is 0 Å². The van der Waals surface area contributed by atoms with Gasteiger partial charge in [0.25, 0.3) is 5.91 Å². The Kier molecular flexibility index (Phi) is 6.70. The third-order valence-electron chi connectivity index (χ3n) is 3.86. The molecule has 2 rings (SSSR count). The predicted octanol–water partition coefficient (Wildman–Crippen LogP) is 1.53. The van der Waals surface area contributed by atoms with E-state index in [1.54, 1.807) is 35.1 Å². The predicted molar refractivity (Wildman–Crippen MR) is 99.7 cm³/mol. The van der Waals surface area contributed by atoms with Crippen LogP contribution in [0.5, 0.6) is 0 Å². The van der Waals surface area contributed by atoms with Crippen LogP contribution < -0.4 is 10.6 Å². The molecule has 3 N–H and O–H groups in total. The van der Waals surface area contributed by atoms with Crippen molar-refractivity contribution in [2.75, 3.05) is 6.54 Å². The second-order valence-corrected chi connectivity index (χ2v) is 6.78. The van der Waals surface area contributed by atoms with E-state index in [4.69, 9.17) is 5.11 Å². The first-order valence-corrected chi connectivity index (χ1v) is 8.68. The Morgan fingerprint density at radius 3 is 2.37 bits per heavy atom. The van der Waals surface area contributed by atoms with Crippen LogP contribution in [0.1, 0.15) is 36.2 Å². The fourth-order valence-electron chi connectivity index (χ4n) is 2.52. The van der Waals surface area contributed by atoms with Crippen molar-refractivity contribution in [3.8, 4) is 5.69 Å². The van der Waals surface area contributed by atoms with Gasteiger partial charge in [0.2, 0.25) is 5.91 Å². The van der Waals surface area contributed by atoms with E-state index in [1.165, 1.54) is 0 Å². The number of aromatic nitrogens is 2. The van der Waals surface area contributed by atoms with Crippen LogP contribution in [-0.4, -0.2) is 45.3 Å². The van der Waals surface area contributed by atoms with Gasteiger partial charge in [-0.25, -0.2) is 9.48 Å². The zero-order valence-electron chi connectivity index (χ0n) is 15.6. The number of carboxylic acids is 1. The molecule has 1 heterocycles. The number of carbonyl (C=O) groups is 3. The van der Waals surface area contributed by atoms with Gasteiger partial charge in [0.1, 0.15) is 6.04 Å². The number of aliphatic carboxylic acids is 1. The van der Waals surface area contributed by atoms with Crippen molar-refractivity contribution in [3.63, 3.8) is 0 Å². The number of benzene rings is 1. The van der Waals surface area contributed by atoms with Crippen LogP contribution in [-0.2, 0) is 9.59 Å². The molecule has 27 heavy (non-hydrogen) atoms. The van der Waals surface area contributed by atoms with Gasteiger partial charge >= 0.3 is 5.97 Å². The van der Waals surface area contributed by atoms with E-state index in [-0.39, 0.29) is 12.5 Å². The molecule has 0 aliphatic heterocycles. The van der Waals surface area contributed by atoms with Crippen LogP contribution in [0.25, 0.3) is 5.69 Å². The number of nitrogens with one attached hydrogen (secondary N) is 2. The van der Waals surface area contributed by atoms with Crippen molar-refractivity contribution in [1.29, 1.82) is 0 Å². The van der Waals surface area contributed by atoms with E-state index >= 15 is 0 Å². The molecule has 0 unspecified atom stereocenters. The molecule has 0 bridgehead atoms. The summed E-state index contributed by atoms with van der Waals surface area (Å²) in [5.74, 6) is -1.92. The lowest BCUT2D eigenvalue weighted by Gasteiger charge is -2.16. The van der Waals surface area contributed by atoms with Crippen LogP contribution >= 0.6 is 0 Å². The Bertz CT molecular complexity index is 811. The van der Waals surface area contributed by atoms with Crippen LogP contribution in [0.3, 0.4) is 0 Å². The highest BCUT2D eigenvalue weighted by molar-refractivity contribution is 5.97. The van der Waals surface area contributed by atoms with Crippen LogP contribution in [0.2, 0.25) is 0 Å². The quantitative estimate of drug-likeness (QED) is 0.650. The van der Waals surface area contributed by atoms with Gasteiger partial charge in [-0.2, -0.15) is 5.10 Å². The summed E-state index contributed by atoms with van der Waals surface area (Å²) < 4.78 is 1.70. The van der Waals surface area contributed by atoms with Crippen LogP contribution in [0.15, 0.2) is 36.7 Å². The van der Waals surface area contributed by atoms with Crippen LogP contribution in [0, 0.1) is 12.8 Å². The Morgan fingerprint density at radius 2 is 1.85 bits per heavy atom. The van der Waals surface area contributed by atoms with Crippen molar-refractivity contribution in [2.45, 2.75) is 33.2 Å². The first kappa shape index (κ1) is 20.2. The second kappa shape index (κ2) is 8.98. The highest BCUT2D eigenvalue weighted by atomic mass is 16.4. The normalized spacial score (nSPS) is 11.9. The van der Waals surface area contributed by atoms with E-state index in [0.29, 0.717) is 12.0 Å². The summed E-state index contributed by atoms with van der Waals surface area (Å²) in [6.07, 6.45) is 3.93. The van der Waals surface area contributed by atoms with Gasteiger partial charge in [-0.1, -0.05) is 13.8 Å². The van der Waals surface area contributed by atoms with Gasteiger partial charge < -0.3 is 15.7 Å². The van der Waals surface area contributed by atoms with Crippen molar-refractivity contribution in [2.24, 2.45) is 5.92 Å². The molecule has 0 spiro atoms. The van der Waals surface area contributed by atoms with E-state index in [0.717, 1.165) is 11.3 Å². The zero-order valence-corrected chi connectivity index (χ0v) is 15.6. The maximum Gasteiger partial charge on any atom is 0.326 e. The number of amides is 2. The van der Waals surface area contributed by atoms with Crippen molar-refractivity contribution >= 4 is 17.8 Å². The van der Waals surface area contributed by atoms with Crippen molar-refractivity contribution < 1.29 is 19.5 Å². The Hall–Kier alpha value is -3.16. The molecular formula is C19H24N4O4. The van der Waals surface area contributed by atoms with Gasteiger partial charge in [0.15, 0.2) is 0 Å². The number of nitrogens with zero attached hydrogens (tertiary/aromatic N) is 2. The highest BCUT2D eigenvalue weighted by Gasteiger charge is 2.21. The minimum absolute atomic E-state index is 0.123. The number of aryl methyl sites for hydroxylation is 1.